The van der Waals surface area contributed by atoms with Crippen LogP contribution < -0.4 is 11.1 Å². The van der Waals surface area contributed by atoms with Crippen molar-refractivity contribution in [1.29, 1.82) is 0 Å². The third-order valence-electron chi connectivity index (χ3n) is 3.74. The molecule has 1 saturated heterocycles. The molecular formula is C14H26Cl2N6O2. The minimum absolute atomic E-state index is 0. The number of likely N-dealkylation sites (N-methyl/N-ethyl adjacent to an activating group) is 1. The van der Waals surface area contributed by atoms with Crippen molar-refractivity contribution in [3.63, 3.8) is 0 Å². The first kappa shape index (κ1) is 22.6. The van der Waals surface area contributed by atoms with Crippen molar-refractivity contribution < 1.29 is 9.59 Å². The topological polar surface area (TPSA) is 107 Å². The Hall–Kier alpha value is -1.35. The number of nitrogens with one attached hydrogen (secondary N) is 2. The van der Waals surface area contributed by atoms with Crippen LogP contribution in [0.15, 0.2) is 12.5 Å². The molecule has 1 aromatic heterocycles. The van der Waals surface area contributed by atoms with Gasteiger partial charge in [0.15, 0.2) is 0 Å². The molecule has 1 aliphatic rings. The van der Waals surface area contributed by atoms with Gasteiger partial charge in [0.05, 0.1) is 18.9 Å². The van der Waals surface area contributed by atoms with Gasteiger partial charge in [0.25, 0.3) is 0 Å². The molecule has 2 amide bonds. The molecule has 4 N–H and O–H groups in total. The summed E-state index contributed by atoms with van der Waals surface area (Å²) in [6.07, 6.45) is 3.71. The number of imidazole rings is 1. The number of piperazine rings is 1. The number of amides is 2. The molecule has 10 heteroatoms. The number of nitrogens with two attached hydrogens (primary N) is 1. The minimum Gasteiger partial charge on any atom is -0.355 e. The first-order valence-corrected chi connectivity index (χ1v) is 7.60. The van der Waals surface area contributed by atoms with Gasteiger partial charge in [0.1, 0.15) is 0 Å². The van der Waals surface area contributed by atoms with Crippen LogP contribution in [0.3, 0.4) is 0 Å². The summed E-state index contributed by atoms with van der Waals surface area (Å²) in [5.41, 5.74) is 6.83. The lowest BCUT2D eigenvalue weighted by Crippen LogP contribution is -2.54. The highest BCUT2D eigenvalue weighted by molar-refractivity contribution is 5.85. The maximum atomic E-state index is 12.3. The molecule has 24 heavy (non-hydrogen) atoms. The maximum absolute atomic E-state index is 12.3. The molecule has 0 bridgehead atoms. The third kappa shape index (κ3) is 6.64. The number of halogens is 2. The zero-order valence-corrected chi connectivity index (χ0v) is 15.4. The zero-order chi connectivity index (χ0) is 15.9. The Balaban J connectivity index is 0.00000264. The fraction of sp³-hybridized carbons (Fsp3) is 0.643. The Morgan fingerprint density at radius 1 is 1.33 bits per heavy atom. The molecule has 2 rings (SSSR count). The quantitative estimate of drug-likeness (QED) is 0.610. The van der Waals surface area contributed by atoms with Gasteiger partial charge in [-0.05, 0) is 6.92 Å². The first-order valence-electron chi connectivity index (χ1n) is 7.60. The van der Waals surface area contributed by atoms with Gasteiger partial charge in [-0.1, -0.05) is 0 Å². The first-order chi connectivity index (χ1) is 10.6. The summed E-state index contributed by atoms with van der Waals surface area (Å²) in [6, 6.07) is -0.560. The summed E-state index contributed by atoms with van der Waals surface area (Å²) in [7, 11) is 0. The lowest BCUT2D eigenvalue weighted by Gasteiger charge is -2.35. The summed E-state index contributed by atoms with van der Waals surface area (Å²) in [4.78, 5) is 34.6. The Morgan fingerprint density at radius 3 is 2.54 bits per heavy atom. The van der Waals surface area contributed by atoms with Gasteiger partial charge in [0, 0.05) is 51.0 Å². The smallest absolute Gasteiger partial charge is 0.239 e. The van der Waals surface area contributed by atoms with Crippen molar-refractivity contribution in [1.82, 2.24) is 25.1 Å². The zero-order valence-electron chi connectivity index (χ0n) is 13.7. The Bertz CT molecular complexity index is 491. The molecule has 0 aliphatic carbocycles. The molecule has 2 heterocycles. The molecule has 1 fully saturated rings. The molecule has 1 aromatic rings. The van der Waals surface area contributed by atoms with E-state index in [1.165, 1.54) is 0 Å². The van der Waals surface area contributed by atoms with Crippen LogP contribution in [-0.4, -0.2) is 76.9 Å². The van der Waals surface area contributed by atoms with Gasteiger partial charge in [0.2, 0.25) is 11.8 Å². The molecule has 8 nitrogen and oxygen atoms in total. The van der Waals surface area contributed by atoms with Crippen LogP contribution in [0.5, 0.6) is 0 Å². The van der Waals surface area contributed by atoms with Crippen molar-refractivity contribution in [2.75, 3.05) is 39.3 Å². The monoisotopic (exact) mass is 380 g/mol. The molecule has 1 aliphatic heterocycles. The summed E-state index contributed by atoms with van der Waals surface area (Å²) in [6.45, 7) is 5.52. The predicted octanol–water partition coefficient (Wildman–Crippen LogP) is -0.597. The lowest BCUT2D eigenvalue weighted by molar-refractivity contribution is -0.134. The number of nitrogens with zero attached hydrogens (tertiary/aromatic N) is 3. The van der Waals surface area contributed by atoms with Crippen LogP contribution in [0.1, 0.15) is 12.6 Å². The van der Waals surface area contributed by atoms with E-state index in [4.69, 9.17) is 5.73 Å². The maximum Gasteiger partial charge on any atom is 0.239 e. The second-order valence-corrected chi connectivity index (χ2v) is 5.44. The summed E-state index contributed by atoms with van der Waals surface area (Å²) in [5, 5.41) is 2.78. The molecule has 0 unspecified atom stereocenters. The van der Waals surface area contributed by atoms with Crippen LogP contribution in [0.4, 0.5) is 0 Å². The molecule has 0 spiro atoms. The van der Waals surface area contributed by atoms with E-state index in [2.05, 4.69) is 20.2 Å². The van der Waals surface area contributed by atoms with E-state index in [-0.39, 0.29) is 36.6 Å². The van der Waals surface area contributed by atoms with Crippen molar-refractivity contribution in [3.8, 4) is 0 Å². The van der Waals surface area contributed by atoms with Crippen LogP contribution in [-0.2, 0) is 16.0 Å². The third-order valence-corrected chi connectivity index (χ3v) is 3.74. The van der Waals surface area contributed by atoms with Crippen molar-refractivity contribution in [2.24, 2.45) is 5.73 Å². The summed E-state index contributed by atoms with van der Waals surface area (Å²) >= 11 is 0. The number of aromatic nitrogens is 2. The molecule has 1 atom stereocenters. The molecular weight excluding hydrogens is 355 g/mol. The highest BCUT2D eigenvalue weighted by Crippen LogP contribution is 2.06. The van der Waals surface area contributed by atoms with Crippen LogP contribution >= 0.6 is 24.8 Å². The number of H-pyrrole nitrogens is 1. The van der Waals surface area contributed by atoms with Gasteiger partial charge in [-0.15, -0.1) is 24.8 Å². The fourth-order valence-corrected chi connectivity index (χ4v) is 2.54. The Morgan fingerprint density at radius 2 is 2.00 bits per heavy atom. The lowest BCUT2D eigenvalue weighted by atomic mass is 10.1. The number of rotatable bonds is 6. The average Bonchev–Trinajstić information content (AvgIpc) is 3.00. The molecule has 0 radical (unpaired) electrons. The van der Waals surface area contributed by atoms with Gasteiger partial charge >= 0.3 is 0 Å². The van der Waals surface area contributed by atoms with Gasteiger partial charge in [-0.2, -0.15) is 0 Å². The molecule has 0 aromatic carbocycles. The number of hydrogen-bond donors (Lipinski definition) is 3. The van der Waals surface area contributed by atoms with E-state index in [1.807, 2.05) is 6.92 Å². The number of hydrogen-bond acceptors (Lipinski definition) is 5. The van der Waals surface area contributed by atoms with Crippen LogP contribution in [0.2, 0.25) is 0 Å². The van der Waals surface area contributed by atoms with E-state index in [1.54, 1.807) is 17.4 Å². The Labute approximate surface area is 154 Å². The van der Waals surface area contributed by atoms with E-state index < -0.39 is 6.04 Å². The van der Waals surface area contributed by atoms with Crippen LogP contribution in [0.25, 0.3) is 0 Å². The van der Waals surface area contributed by atoms with Gasteiger partial charge in [-0.25, -0.2) is 4.98 Å². The number of aromatic amines is 1. The highest BCUT2D eigenvalue weighted by Gasteiger charge is 2.26. The van der Waals surface area contributed by atoms with Crippen molar-refractivity contribution in [2.45, 2.75) is 19.4 Å². The summed E-state index contributed by atoms with van der Waals surface area (Å²) in [5.74, 6) is -0.0227. The molecule has 138 valence electrons. The van der Waals surface area contributed by atoms with E-state index in [0.29, 0.717) is 45.7 Å². The Kier molecular flexibility index (Phi) is 10.6. The molecule has 0 saturated carbocycles. The largest absolute Gasteiger partial charge is 0.355 e. The minimum atomic E-state index is -0.560. The van der Waals surface area contributed by atoms with E-state index >= 15 is 0 Å². The number of carbonyl (C=O) groups excluding carboxylic acids is 2. The van der Waals surface area contributed by atoms with E-state index in [9.17, 15) is 9.59 Å². The second kappa shape index (κ2) is 11.2. The number of carbonyl (C=O) groups is 2. The van der Waals surface area contributed by atoms with E-state index in [0.717, 1.165) is 5.69 Å². The fourth-order valence-electron chi connectivity index (χ4n) is 2.54. The SMILES string of the molecule is CCNC(=O)CN1CCN(C(=O)[C@@H](N)Cc2cnc[nH]2)CC1.Cl.Cl. The van der Waals surface area contributed by atoms with Crippen molar-refractivity contribution >= 4 is 36.6 Å². The van der Waals surface area contributed by atoms with Gasteiger partial charge < -0.3 is 20.9 Å². The summed E-state index contributed by atoms with van der Waals surface area (Å²) < 4.78 is 0. The van der Waals surface area contributed by atoms with Gasteiger partial charge in [-0.3, -0.25) is 14.5 Å². The second-order valence-electron chi connectivity index (χ2n) is 5.44. The standard InChI is InChI=1S/C14H24N6O2.2ClH/c1-2-17-13(21)9-19-3-5-20(6-4-19)14(22)12(15)7-11-8-16-10-18-11;;/h8,10,12H,2-7,9,15H2,1H3,(H,16,18)(H,17,21);2*1H/t12-;;/m0../s1. The predicted molar refractivity (Wildman–Crippen MR) is 96.5 cm³/mol. The van der Waals surface area contributed by atoms with Crippen LogP contribution in [0, 0.1) is 0 Å². The van der Waals surface area contributed by atoms with Crippen molar-refractivity contribution in [3.05, 3.63) is 18.2 Å². The normalized spacial score (nSPS) is 15.8. The highest BCUT2D eigenvalue weighted by atomic mass is 35.5. The average molecular weight is 381 g/mol.